The molecule has 30 nitrogen and oxygen atoms in total. The van der Waals surface area contributed by atoms with Crippen LogP contribution in [0.2, 0.25) is 0 Å². The molecule has 0 unspecified atom stereocenters. The molecule has 0 aliphatic heterocycles. The Morgan fingerprint density at radius 2 is 0.478 bits per heavy atom. The topological polar surface area (TPSA) is 642 Å². The van der Waals surface area contributed by atoms with Gasteiger partial charge in [-0.3, -0.25) is 29.9 Å². The largest absolute Gasteiger partial charge is 2.00 e. The van der Waals surface area contributed by atoms with Crippen LogP contribution in [0, 0.1) is 0 Å². The molecule has 0 fully saturated rings. The van der Waals surface area contributed by atoms with Crippen molar-refractivity contribution < 1.29 is 153 Å². The van der Waals surface area contributed by atoms with Crippen molar-refractivity contribution in [3.05, 3.63) is 255 Å². The predicted octanol–water partition coefficient (Wildman–Crippen LogP) is -5.14. The molecule has 0 amide bonds. The molecular formula is C56H62Co2N8O22S2+6. The van der Waals surface area contributed by atoms with Gasteiger partial charge in [0.25, 0.3) is 0 Å². The molecule has 90 heavy (non-hydrogen) atoms. The Hall–Kier alpha value is -9.97. The maximum Gasteiger partial charge on any atom is 2.00 e. The summed E-state index contributed by atoms with van der Waals surface area (Å²) in [4.78, 5) is 69.1. The zero-order chi connectivity index (χ0) is 57.9. The monoisotopic (exact) mass is 1380 g/mol. The number of aromatic nitrogens is 8. The maximum atomic E-state index is 10.7. The van der Waals surface area contributed by atoms with Crippen LogP contribution in [-0.2, 0) is 86.7 Å². The molecule has 10 rings (SSSR count). The van der Waals surface area contributed by atoms with Gasteiger partial charge in [-0.2, -0.15) is 0 Å². The molecule has 10 aromatic rings. The van der Waals surface area contributed by atoms with Gasteiger partial charge in [-0.05, 0) is 141 Å². The number of aromatic amines is 2. The molecular weight excluding hydrogens is 1320 g/mol. The summed E-state index contributed by atoms with van der Waals surface area (Å²) in [7, 11) is -10.2. The average Bonchev–Trinajstić information content (AvgIpc) is 3.64. The van der Waals surface area contributed by atoms with E-state index in [0.717, 1.165) is 12.1 Å². The number of carboxylic acid groups (broad SMARTS) is 4. The SMILES string of the molecule is O.O.O=C([O-])c1ccc(C(=O)[O-])c(S(=O)(=O)[O-])c1.O=C([O-])c1ccc(C(=O)[O-])c(S(=O)(=O)[O-])c1.[Co+2].[Co+2].[OH3+].[OH3+].[OH3+].[OH3+].[OH3+].[OH3+].c1cc(-c2cc[nH+]cc2)ccn1.c1cc(-c2cc[nH+]cc2)ccn1.c1cc(-c2ccncc2)ccn1.c1cc(-c2ccncc2)ccn1. The number of hydrogen-bond donors (Lipinski definition) is 0. The summed E-state index contributed by atoms with van der Waals surface area (Å²) < 4.78 is 64.0. The van der Waals surface area contributed by atoms with E-state index in [9.17, 15) is 65.5 Å². The van der Waals surface area contributed by atoms with E-state index in [1.807, 2.05) is 122 Å². The van der Waals surface area contributed by atoms with E-state index in [0.29, 0.717) is 24.3 Å². The van der Waals surface area contributed by atoms with Crippen molar-refractivity contribution in [3.8, 4) is 44.5 Å². The second-order valence-electron chi connectivity index (χ2n) is 15.5. The molecule has 482 valence electrons. The van der Waals surface area contributed by atoms with Gasteiger partial charge in [0.05, 0.1) is 33.7 Å². The quantitative estimate of drug-likeness (QED) is 0.0913. The fourth-order valence-corrected chi connectivity index (χ4v) is 7.86. The molecule has 8 aromatic heterocycles. The Bertz CT molecular complexity index is 3300. The molecule has 2 aromatic carbocycles. The normalized spacial score (nSPS) is 9.09. The predicted molar refractivity (Wildman–Crippen MR) is 310 cm³/mol. The molecule has 2 radical (unpaired) electrons. The van der Waals surface area contributed by atoms with Crippen molar-refractivity contribution in [2.45, 2.75) is 9.79 Å². The molecule has 0 saturated carbocycles. The first kappa shape index (κ1) is 91.2. The molecule has 0 atom stereocenters. The zero-order valence-electron chi connectivity index (χ0n) is 46.3. The molecule has 0 spiro atoms. The first-order valence-corrected chi connectivity index (χ1v) is 25.5. The molecule has 0 bridgehead atoms. The smallest absolute Gasteiger partial charge is 0.744 e. The minimum atomic E-state index is -5.10. The van der Waals surface area contributed by atoms with Gasteiger partial charge in [-0.25, -0.2) is 26.8 Å². The van der Waals surface area contributed by atoms with Crippen molar-refractivity contribution in [1.82, 2.24) is 29.9 Å². The number of rotatable bonds is 10. The molecule has 8 heterocycles. The Kier molecular flexibility index (Phi) is 46.8. The molecule has 0 saturated heterocycles. The summed E-state index contributed by atoms with van der Waals surface area (Å²) in [6.07, 6.45) is 29.1. The van der Waals surface area contributed by atoms with Gasteiger partial charge < -0.3 is 92.5 Å². The van der Waals surface area contributed by atoms with E-state index in [4.69, 9.17) is 0 Å². The van der Waals surface area contributed by atoms with Crippen LogP contribution in [0.25, 0.3) is 44.5 Å². The average molecular weight is 1380 g/mol. The second-order valence-corrected chi connectivity index (χ2v) is 18.2. The third-order valence-corrected chi connectivity index (χ3v) is 12.0. The zero-order valence-corrected chi connectivity index (χ0v) is 50.0. The number of carbonyl (C=O) groups is 4. The van der Waals surface area contributed by atoms with Crippen LogP contribution in [0.3, 0.4) is 0 Å². The maximum absolute atomic E-state index is 10.7. The van der Waals surface area contributed by atoms with Crippen LogP contribution >= 0.6 is 0 Å². The summed E-state index contributed by atoms with van der Waals surface area (Å²) in [6, 6.07) is 35.7. The van der Waals surface area contributed by atoms with Crippen LogP contribution in [0.15, 0.2) is 242 Å². The fourth-order valence-electron chi connectivity index (χ4n) is 6.47. The van der Waals surface area contributed by atoms with Crippen LogP contribution in [-0.4, -0.2) is 90.7 Å². The number of nitrogens with zero attached hydrogens (tertiary/aromatic N) is 6. The number of carboxylic acids is 4. The Labute approximate surface area is 533 Å². The third kappa shape index (κ3) is 30.1. The summed E-state index contributed by atoms with van der Waals surface area (Å²) in [5.74, 6) is -7.23. The van der Waals surface area contributed by atoms with Crippen molar-refractivity contribution >= 4 is 44.1 Å². The molecule has 34 heteroatoms. The van der Waals surface area contributed by atoms with E-state index in [-0.39, 0.29) is 77.4 Å². The van der Waals surface area contributed by atoms with Crippen molar-refractivity contribution in [3.63, 3.8) is 0 Å². The van der Waals surface area contributed by atoms with Crippen LogP contribution < -0.4 is 30.4 Å². The van der Waals surface area contributed by atoms with Gasteiger partial charge in [-0.15, -0.1) is 0 Å². The minimum Gasteiger partial charge on any atom is -0.744 e. The van der Waals surface area contributed by atoms with Gasteiger partial charge in [-0.1, -0.05) is 24.3 Å². The minimum absolute atomic E-state index is 0. The number of hydrogen-bond acceptors (Lipinski definition) is 20. The number of aromatic carboxylic acids is 4. The third-order valence-electron chi connectivity index (χ3n) is 10.3. The standard InChI is InChI=1S/4C10H8N2.2C8H6O7S.2Co.8H2O/c4*1-5-11-6-2-9(1)10-3-7-12-8-4-10;2*9-7(10)4-1-2-5(8(11)12)6(3-4)16(13,14)15;;;;;;;;;;/h4*1-8H;2*1-3H,(H,9,10)(H,11,12)(H,13,14,15);;;8*1H2/q;;;;;;2*+2;;;;;;;;/p+2. The van der Waals surface area contributed by atoms with Crippen LogP contribution in [0.1, 0.15) is 41.4 Å². The molecule has 0 aliphatic carbocycles. The first-order valence-electron chi connectivity index (χ1n) is 22.7. The van der Waals surface area contributed by atoms with E-state index < -0.39 is 76.2 Å². The van der Waals surface area contributed by atoms with Crippen LogP contribution in [0.4, 0.5) is 0 Å². The molecule has 24 N–H and O–H groups in total. The number of benzene rings is 2. The summed E-state index contributed by atoms with van der Waals surface area (Å²) >= 11 is 0. The second kappa shape index (κ2) is 46.2. The van der Waals surface area contributed by atoms with Crippen molar-refractivity contribution in [2.75, 3.05) is 0 Å². The van der Waals surface area contributed by atoms with Gasteiger partial charge >= 0.3 is 33.6 Å². The fraction of sp³-hybridized carbons (Fsp3) is 0. The summed E-state index contributed by atoms with van der Waals surface area (Å²) in [6.45, 7) is 0. The van der Waals surface area contributed by atoms with Crippen LogP contribution in [0.5, 0.6) is 0 Å². The van der Waals surface area contributed by atoms with Crippen molar-refractivity contribution in [2.24, 2.45) is 0 Å². The van der Waals surface area contributed by atoms with Gasteiger partial charge in [0.1, 0.15) is 20.2 Å². The van der Waals surface area contributed by atoms with E-state index in [1.54, 1.807) is 74.4 Å². The Morgan fingerprint density at radius 1 is 0.300 bits per heavy atom. The van der Waals surface area contributed by atoms with E-state index >= 15 is 0 Å². The summed E-state index contributed by atoms with van der Waals surface area (Å²) in [5.41, 5.74) is 6.49. The van der Waals surface area contributed by atoms with Gasteiger partial charge in [0.15, 0.2) is 24.8 Å². The van der Waals surface area contributed by atoms with E-state index in [1.165, 1.54) is 44.5 Å². The number of pyridine rings is 8. The Morgan fingerprint density at radius 3 is 0.633 bits per heavy atom. The number of nitrogens with one attached hydrogen (secondary N) is 2. The van der Waals surface area contributed by atoms with E-state index in [2.05, 4.69) is 39.9 Å². The van der Waals surface area contributed by atoms with Gasteiger partial charge in [0, 0.05) is 110 Å². The molecule has 0 aliphatic rings. The Balaban J connectivity index is -0.000000231. The first-order chi connectivity index (χ1) is 38.3. The summed E-state index contributed by atoms with van der Waals surface area (Å²) in [5, 5.41) is 41.7. The number of carbonyl (C=O) groups excluding carboxylic acids is 4. The number of H-pyrrole nitrogens is 2. The van der Waals surface area contributed by atoms with Gasteiger partial charge in [0.2, 0.25) is 0 Å². The van der Waals surface area contributed by atoms with Crippen molar-refractivity contribution in [1.29, 1.82) is 0 Å².